The van der Waals surface area contributed by atoms with Crippen molar-refractivity contribution < 1.29 is 9.53 Å². The molecule has 0 fully saturated rings. The highest BCUT2D eigenvalue weighted by Gasteiger charge is 2.14. The Morgan fingerprint density at radius 2 is 2.00 bits per heavy atom. The first-order chi connectivity index (χ1) is 9.08. The second-order valence-corrected chi connectivity index (χ2v) is 5.05. The lowest BCUT2D eigenvalue weighted by atomic mass is 10.1. The van der Waals surface area contributed by atoms with Crippen molar-refractivity contribution in [2.45, 2.75) is 26.3 Å². The number of benzene rings is 1. The molecular formula is C15H22ClNO2. The number of carbonyl (C=O) groups is 1. The van der Waals surface area contributed by atoms with E-state index in [9.17, 15) is 4.79 Å². The molecule has 1 atom stereocenters. The van der Waals surface area contributed by atoms with Crippen LogP contribution in [0.5, 0.6) is 0 Å². The van der Waals surface area contributed by atoms with Gasteiger partial charge in [-0.3, -0.25) is 9.69 Å². The summed E-state index contributed by atoms with van der Waals surface area (Å²) in [7, 11) is 1.70. The molecule has 19 heavy (non-hydrogen) atoms. The smallest absolute Gasteiger partial charge is 0.164 e. The van der Waals surface area contributed by atoms with Crippen LogP contribution >= 0.6 is 11.6 Å². The number of hydrogen-bond acceptors (Lipinski definition) is 3. The molecule has 0 heterocycles. The third kappa shape index (κ3) is 5.31. The number of carbonyl (C=O) groups excluding carboxylic acids is 1. The maximum atomic E-state index is 12.1. The fourth-order valence-corrected chi connectivity index (χ4v) is 2.19. The maximum absolute atomic E-state index is 12.1. The molecule has 0 amide bonds. The molecule has 0 saturated heterocycles. The van der Waals surface area contributed by atoms with E-state index >= 15 is 0 Å². The van der Waals surface area contributed by atoms with E-state index in [4.69, 9.17) is 16.3 Å². The van der Waals surface area contributed by atoms with E-state index in [-0.39, 0.29) is 5.78 Å². The molecule has 0 aliphatic carbocycles. The highest BCUT2D eigenvalue weighted by atomic mass is 35.5. The zero-order valence-corrected chi connectivity index (χ0v) is 12.6. The van der Waals surface area contributed by atoms with Gasteiger partial charge in [0.2, 0.25) is 0 Å². The predicted octanol–water partition coefficient (Wildman–Crippen LogP) is 3.27. The first-order valence-electron chi connectivity index (χ1n) is 6.60. The molecule has 0 spiro atoms. The first kappa shape index (κ1) is 16.2. The van der Waals surface area contributed by atoms with Gasteiger partial charge in [-0.25, -0.2) is 0 Å². The van der Waals surface area contributed by atoms with Crippen LogP contribution in [0.3, 0.4) is 0 Å². The molecule has 0 radical (unpaired) electrons. The van der Waals surface area contributed by atoms with Gasteiger partial charge in [0.15, 0.2) is 5.78 Å². The zero-order chi connectivity index (χ0) is 14.3. The Kier molecular flexibility index (Phi) is 7.06. The van der Waals surface area contributed by atoms with E-state index in [2.05, 4.69) is 18.7 Å². The van der Waals surface area contributed by atoms with Crippen LogP contribution < -0.4 is 0 Å². The standard InChI is InChI=1S/C15H22ClNO2/c1-4-17(12(2)11-19-3)10-9-15(18)13-5-7-14(16)8-6-13/h5-8,12H,4,9-11H2,1-3H3. The molecule has 1 aromatic carbocycles. The highest BCUT2D eigenvalue weighted by Crippen LogP contribution is 2.12. The molecule has 0 aliphatic rings. The monoisotopic (exact) mass is 283 g/mol. The van der Waals surface area contributed by atoms with Crippen LogP contribution in [0.1, 0.15) is 30.6 Å². The molecule has 4 heteroatoms. The molecule has 1 unspecified atom stereocenters. The largest absolute Gasteiger partial charge is 0.383 e. The Labute approximate surface area is 120 Å². The highest BCUT2D eigenvalue weighted by molar-refractivity contribution is 6.30. The van der Waals surface area contributed by atoms with Crippen molar-refractivity contribution in [1.82, 2.24) is 4.90 Å². The number of nitrogens with zero attached hydrogens (tertiary/aromatic N) is 1. The number of ketones is 1. The number of Topliss-reactive ketones (excluding diaryl/α,β-unsaturated/α-hetero) is 1. The average molecular weight is 284 g/mol. The molecule has 106 valence electrons. The van der Waals surface area contributed by atoms with Crippen molar-refractivity contribution in [3.63, 3.8) is 0 Å². The minimum Gasteiger partial charge on any atom is -0.383 e. The third-order valence-corrected chi connectivity index (χ3v) is 3.48. The molecule has 0 aliphatic heterocycles. The quantitative estimate of drug-likeness (QED) is 0.686. The van der Waals surface area contributed by atoms with Crippen molar-refractivity contribution >= 4 is 17.4 Å². The molecule has 0 bridgehead atoms. The van der Waals surface area contributed by atoms with Crippen molar-refractivity contribution in [1.29, 1.82) is 0 Å². The minimum absolute atomic E-state index is 0.153. The summed E-state index contributed by atoms with van der Waals surface area (Å²) < 4.78 is 5.15. The van der Waals surface area contributed by atoms with Gasteiger partial charge in [0, 0.05) is 36.7 Å². The number of halogens is 1. The molecule has 0 N–H and O–H groups in total. The lowest BCUT2D eigenvalue weighted by Crippen LogP contribution is -2.37. The number of methoxy groups -OCH3 is 1. The lowest BCUT2D eigenvalue weighted by Gasteiger charge is -2.26. The first-order valence-corrected chi connectivity index (χ1v) is 6.98. The summed E-state index contributed by atoms with van der Waals surface area (Å²) >= 11 is 5.81. The average Bonchev–Trinajstić information content (AvgIpc) is 2.40. The van der Waals surface area contributed by atoms with Crippen LogP contribution in [0, 0.1) is 0 Å². The number of ether oxygens (including phenoxy) is 1. The van der Waals surface area contributed by atoms with E-state index in [1.54, 1.807) is 31.4 Å². The summed E-state index contributed by atoms with van der Waals surface area (Å²) in [5.41, 5.74) is 0.722. The summed E-state index contributed by atoms with van der Waals surface area (Å²) in [6.07, 6.45) is 0.517. The van der Waals surface area contributed by atoms with Gasteiger partial charge in [0.25, 0.3) is 0 Å². The molecule has 3 nitrogen and oxygen atoms in total. The normalized spacial score (nSPS) is 12.7. The van der Waals surface area contributed by atoms with Gasteiger partial charge in [-0.05, 0) is 37.7 Å². The number of hydrogen-bond donors (Lipinski definition) is 0. The van der Waals surface area contributed by atoms with E-state index in [0.717, 1.165) is 18.7 Å². The Balaban J connectivity index is 2.50. The van der Waals surface area contributed by atoms with Gasteiger partial charge in [0.1, 0.15) is 0 Å². The number of likely N-dealkylation sites (N-methyl/N-ethyl adjacent to an activating group) is 1. The van der Waals surface area contributed by atoms with E-state index in [1.165, 1.54) is 0 Å². The molecule has 1 aromatic rings. The summed E-state index contributed by atoms with van der Waals surface area (Å²) in [5.74, 6) is 0.153. The third-order valence-electron chi connectivity index (χ3n) is 3.23. The Morgan fingerprint density at radius 1 is 1.37 bits per heavy atom. The molecular weight excluding hydrogens is 262 g/mol. The van der Waals surface area contributed by atoms with Crippen molar-refractivity contribution in [2.75, 3.05) is 26.8 Å². The van der Waals surface area contributed by atoms with Gasteiger partial charge in [-0.2, -0.15) is 0 Å². The van der Waals surface area contributed by atoms with Crippen LogP contribution in [0.4, 0.5) is 0 Å². The van der Waals surface area contributed by atoms with Gasteiger partial charge in [-0.15, -0.1) is 0 Å². The van der Waals surface area contributed by atoms with Crippen molar-refractivity contribution in [2.24, 2.45) is 0 Å². The second-order valence-electron chi connectivity index (χ2n) is 4.61. The minimum atomic E-state index is 0.153. The van der Waals surface area contributed by atoms with Crippen LogP contribution in [0.25, 0.3) is 0 Å². The van der Waals surface area contributed by atoms with Gasteiger partial charge < -0.3 is 4.74 Å². The van der Waals surface area contributed by atoms with Gasteiger partial charge in [0.05, 0.1) is 6.61 Å². The number of rotatable bonds is 8. The summed E-state index contributed by atoms with van der Waals surface area (Å²) in [4.78, 5) is 14.3. The topological polar surface area (TPSA) is 29.5 Å². The van der Waals surface area contributed by atoms with Gasteiger partial charge in [-0.1, -0.05) is 18.5 Å². The molecule has 0 saturated carbocycles. The van der Waals surface area contributed by atoms with Crippen LogP contribution in [0.15, 0.2) is 24.3 Å². The Hall–Kier alpha value is -0.900. The SMILES string of the molecule is CCN(CCC(=O)c1ccc(Cl)cc1)C(C)COC. The summed E-state index contributed by atoms with van der Waals surface area (Å²) in [6.45, 7) is 6.56. The van der Waals surface area contributed by atoms with Crippen LogP contribution in [0.2, 0.25) is 5.02 Å². The van der Waals surface area contributed by atoms with E-state index in [1.807, 2.05) is 0 Å². The maximum Gasteiger partial charge on any atom is 0.164 e. The lowest BCUT2D eigenvalue weighted by molar-refractivity contribution is 0.0873. The fourth-order valence-electron chi connectivity index (χ4n) is 2.06. The van der Waals surface area contributed by atoms with Gasteiger partial charge >= 0.3 is 0 Å². The Morgan fingerprint density at radius 3 is 2.53 bits per heavy atom. The van der Waals surface area contributed by atoms with E-state index in [0.29, 0.717) is 24.1 Å². The molecule has 1 rings (SSSR count). The Bertz CT molecular complexity index is 392. The second kappa shape index (κ2) is 8.31. The summed E-state index contributed by atoms with van der Waals surface area (Å²) in [6, 6.07) is 7.38. The fraction of sp³-hybridized carbons (Fsp3) is 0.533. The predicted molar refractivity (Wildman–Crippen MR) is 79.0 cm³/mol. The van der Waals surface area contributed by atoms with Crippen molar-refractivity contribution in [3.8, 4) is 0 Å². The van der Waals surface area contributed by atoms with Crippen LogP contribution in [-0.2, 0) is 4.74 Å². The molecule has 0 aromatic heterocycles. The van der Waals surface area contributed by atoms with Crippen LogP contribution in [-0.4, -0.2) is 43.5 Å². The summed E-state index contributed by atoms with van der Waals surface area (Å²) in [5, 5.41) is 0.653. The van der Waals surface area contributed by atoms with E-state index < -0.39 is 0 Å². The zero-order valence-electron chi connectivity index (χ0n) is 11.9. The van der Waals surface area contributed by atoms with Crippen molar-refractivity contribution in [3.05, 3.63) is 34.9 Å².